The fourth-order valence-corrected chi connectivity index (χ4v) is 3.79. The number of aromatic nitrogens is 2. The number of amides is 1. The molecule has 0 aliphatic rings. The van der Waals surface area contributed by atoms with Crippen molar-refractivity contribution in [3.05, 3.63) is 41.8 Å². The van der Waals surface area contributed by atoms with Crippen LogP contribution >= 0.6 is 11.3 Å². The van der Waals surface area contributed by atoms with E-state index < -0.39 is 0 Å². The number of aliphatic hydroxyl groups excluding tert-OH is 1. The molecule has 0 aliphatic heterocycles. The monoisotopic (exact) mass is 388 g/mol. The van der Waals surface area contributed by atoms with Gasteiger partial charge in [-0.25, -0.2) is 14.4 Å². The molecule has 6 nitrogen and oxygen atoms in total. The number of benzene rings is 1. The lowest BCUT2D eigenvalue weighted by atomic mass is 10.1. The summed E-state index contributed by atoms with van der Waals surface area (Å²) < 4.78 is 13.2. The number of halogens is 1. The molecule has 0 spiro atoms. The molecule has 8 heteroatoms. The van der Waals surface area contributed by atoms with Gasteiger partial charge in [0.2, 0.25) is 5.91 Å². The van der Waals surface area contributed by atoms with E-state index in [1.807, 2.05) is 12.3 Å². The van der Waals surface area contributed by atoms with Crippen molar-refractivity contribution in [3.63, 3.8) is 0 Å². The van der Waals surface area contributed by atoms with Gasteiger partial charge in [0, 0.05) is 37.0 Å². The van der Waals surface area contributed by atoms with Gasteiger partial charge in [0.25, 0.3) is 0 Å². The summed E-state index contributed by atoms with van der Waals surface area (Å²) in [4.78, 5) is 23.3. The largest absolute Gasteiger partial charge is 0.395 e. The number of fused-ring (bicyclic) bond motifs is 1. The van der Waals surface area contributed by atoms with E-state index in [0.29, 0.717) is 31.9 Å². The lowest BCUT2D eigenvalue weighted by molar-refractivity contribution is -0.131. The molecule has 0 bridgehead atoms. The summed E-state index contributed by atoms with van der Waals surface area (Å²) >= 11 is 1.49. The molecule has 0 saturated carbocycles. The van der Waals surface area contributed by atoms with Gasteiger partial charge < -0.3 is 15.3 Å². The lowest BCUT2D eigenvalue weighted by Crippen LogP contribution is -2.34. The van der Waals surface area contributed by atoms with Crippen LogP contribution in [0.15, 0.2) is 36.0 Å². The first-order valence-corrected chi connectivity index (χ1v) is 9.62. The second-order valence-corrected chi connectivity index (χ2v) is 6.79. The Morgan fingerprint density at radius 3 is 2.78 bits per heavy atom. The Hall–Kier alpha value is -2.58. The van der Waals surface area contributed by atoms with Crippen LogP contribution in [0, 0.1) is 5.82 Å². The van der Waals surface area contributed by atoms with Crippen LogP contribution in [0.5, 0.6) is 0 Å². The Labute approximate surface area is 160 Å². The van der Waals surface area contributed by atoms with E-state index in [9.17, 15) is 9.18 Å². The van der Waals surface area contributed by atoms with Crippen LogP contribution in [0.2, 0.25) is 0 Å². The van der Waals surface area contributed by atoms with Crippen LogP contribution in [0.1, 0.15) is 13.3 Å². The highest BCUT2D eigenvalue weighted by molar-refractivity contribution is 7.17. The van der Waals surface area contributed by atoms with Crippen LogP contribution < -0.4 is 5.32 Å². The number of nitrogens with one attached hydrogen (secondary N) is 1. The zero-order valence-corrected chi connectivity index (χ0v) is 15.8. The molecule has 1 amide bonds. The summed E-state index contributed by atoms with van der Waals surface area (Å²) in [7, 11) is 0. The molecule has 3 aromatic rings. The molecule has 0 fully saturated rings. The first-order valence-electron chi connectivity index (χ1n) is 8.74. The second-order valence-electron chi connectivity index (χ2n) is 5.93. The van der Waals surface area contributed by atoms with E-state index in [1.165, 1.54) is 29.8 Å². The molecule has 0 saturated heterocycles. The molecule has 142 valence electrons. The van der Waals surface area contributed by atoms with E-state index in [1.54, 1.807) is 17.0 Å². The van der Waals surface area contributed by atoms with Gasteiger partial charge in [0.05, 0.1) is 12.0 Å². The average Bonchev–Trinajstić information content (AvgIpc) is 3.11. The smallest absolute Gasteiger partial charge is 0.224 e. The van der Waals surface area contributed by atoms with Gasteiger partial charge in [-0.1, -0.05) is 12.1 Å². The number of thiophene rings is 1. The number of likely N-dealkylation sites (N-methyl/N-ethyl adjacent to an activating group) is 1. The quantitative estimate of drug-likeness (QED) is 0.620. The molecule has 2 heterocycles. The predicted octanol–water partition coefficient (Wildman–Crippen LogP) is 3.14. The minimum atomic E-state index is -0.283. The first kappa shape index (κ1) is 19.2. The molecule has 3 rings (SSSR count). The van der Waals surface area contributed by atoms with E-state index in [2.05, 4.69) is 15.3 Å². The lowest BCUT2D eigenvalue weighted by Gasteiger charge is -2.19. The summed E-state index contributed by atoms with van der Waals surface area (Å²) in [6, 6.07) is 6.31. The molecule has 2 aromatic heterocycles. The van der Waals surface area contributed by atoms with Crippen molar-refractivity contribution < 1.29 is 14.3 Å². The van der Waals surface area contributed by atoms with Crippen LogP contribution in [-0.2, 0) is 4.79 Å². The highest BCUT2D eigenvalue weighted by atomic mass is 32.1. The third-order valence-electron chi connectivity index (χ3n) is 4.26. The van der Waals surface area contributed by atoms with Crippen LogP contribution in [0.25, 0.3) is 21.3 Å². The fourth-order valence-electron chi connectivity index (χ4n) is 2.88. The molecule has 0 unspecified atom stereocenters. The third-order valence-corrected chi connectivity index (χ3v) is 5.15. The van der Waals surface area contributed by atoms with Crippen molar-refractivity contribution in [2.24, 2.45) is 0 Å². The maximum absolute atomic E-state index is 13.2. The Morgan fingerprint density at radius 2 is 2.07 bits per heavy atom. The number of hydrogen-bond acceptors (Lipinski definition) is 6. The topological polar surface area (TPSA) is 78.4 Å². The van der Waals surface area contributed by atoms with Crippen molar-refractivity contribution in [1.29, 1.82) is 0 Å². The van der Waals surface area contributed by atoms with E-state index in [0.717, 1.165) is 21.3 Å². The Morgan fingerprint density at radius 1 is 1.30 bits per heavy atom. The normalized spacial score (nSPS) is 10.9. The van der Waals surface area contributed by atoms with Gasteiger partial charge in [-0.15, -0.1) is 11.3 Å². The van der Waals surface area contributed by atoms with Gasteiger partial charge in [-0.05, 0) is 24.6 Å². The predicted molar refractivity (Wildman–Crippen MR) is 105 cm³/mol. The van der Waals surface area contributed by atoms with Gasteiger partial charge in [-0.3, -0.25) is 4.79 Å². The molecular formula is C19H21FN4O2S. The van der Waals surface area contributed by atoms with Gasteiger partial charge in [0.1, 0.15) is 22.8 Å². The van der Waals surface area contributed by atoms with Crippen LogP contribution in [0.4, 0.5) is 10.2 Å². The number of carbonyl (C=O) groups excluding carboxylic acids is 1. The fraction of sp³-hybridized carbons (Fsp3) is 0.316. The highest BCUT2D eigenvalue weighted by Gasteiger charge is 2.14. The zero-order chi connectivity index (χ0) is 19.2. The number of aliphatic hydroxyl groups is 1. The molecule has 0 aliphatic carbocycles. The summed E-state index contributed by atoms with van der Waals surface area (Å²) in [6.07, 6.45) is 1.79. The Bertz CT molecular complexity index is 914. The van der Waals surface area contributed by atoms with Crippen LogP contribution in [-0.4, -0.2) is 52.1 Å². The third kappa shape index (κ3) is 4.40. The molecular weight excluding hydrogens is 367 g/mol. The van der Waals surface area contributed by atoms with Gasteiger partial charge >= 0.3 is 0 Å². The first-order chi connectivity index (χ1) is 13.1. The SMILES string of the molecule is CCN(CCO)C(=O)CCNc1ncnc2scc(-c3ccc(F)cc3)c12. The van der Waals surface area contributed by atoms with Crippen molar-refractivity contribution in [1.82, 2.24) is 14.9 Å². The Kier molecular flexibility index (Phi) is 6.31. The summed E-state index contributed by atoms with van der Waals surface area (Å²) in [5, 5.41) is 15.1. The number of anilines is 1. The molecule has 27 heavy (non-hydrogen) atoms. The van der Waals surface area contributed by atoms with E-state index in [-0.39, 0.29) is 18.3 Å². The minimum absolute atomic E-state index is 0.0200. The van der Waals surface area contributed by atoms with Gasteiger partial charge in [0.15, 0.2) is 0 Å². The summed E-state index contributed by atoms with van der Waals surface area (Å²) in [6.45, 7) is 3.17. The number of nitrogens with zero attached hydrogens (tertiary/aromatic N) is 3. The number of hydrogen-bond donors (Lipinski definition) is 2. The maximum Gasteiger partial charge on any atom is 0.224 e. The van der Waals surface area contributed by atoms with E-state index in [4.69, 9.17) is 5.11 Å². The zero-order valence-electron chi connectivity index (χ0n) is 15.0. The van der Waals surface area contributed by atoms with E-state index >= 15 is 0 Å². The summed E-state index contributed by atoms with van der Waals surface area (Å²) in [5.74, 6) is 0.349. The number of rotatable bonds is 8. The van der Waals surface area contributed by atoms with Crippen molar-refractivity contribution in [2.75, 3.05) is 31.6 Å². The number of carbonyl (C=O) groups is 1. The van der Waals surface area contributed by atoms with Crippen molar-refractivity contribution in [3.8, 4) is 11.1 Å². The molecule has 2 N–H and O–H groups in total. The minimum Gasteiger partial charge on any atom is -0.395 e. The Balaban J connectivity index is 1.78. The van der Waals surface area contributed by atoms with Crippen molar-refractivity contribution >= 4 is 33.3 Å². The van der Waals surface area contributed by atoms with Crippen molar-refractivity contribution in [2.45, 2.75) is 13.3 Å². The highest BCUT2D eigenvalue weighted by Crippen LogP contribution is 2.36. The average molecular weight is 388 g/mol. The second kappa shape index (κ2) is 8.88. The summed E-state index contributed by atoms with van der Waals surface area (Å²) in [5.41, 5.74) is 1.82. The van der Waals surface area contributed by atoms with Gasteiger partial charge in [-0.2, -0.15) is 0 Å². The standard InChI is InChI=1S/C19H21FN4O2S/c1-2-24(9-10-25)16(26)7-8-21-18-17-15(11-27-19(17)23-12-22-18)13-3-5-14(20)6-4-13/h3-6,11-12,25H,2,7-10H2,1H3,(H,21,22,23). The maximum atomic E-state index is 13.2. The van der Waals surface area contributed by atoms with Crippen LogP contribution in [0.3, 0.4) is 0 Å². The molecule has 1 aromatic carbocycles. The molecule has 0 radical (unpaired) electrons. The molecule has 0 atom stereocenters.